The Morgan fingerprint density at radius 2 is 0.924 bits per heavy atom. The van der Waals surface area contributed by atoms with E-state index in [1.165, 1.54) is 36.4 Å². The van der Waals surface area contributed by atoms with Crippen molar-refractivity contribution in [3.05, 3.63) is 107 Å². The number of amides is 2. The first-order chi connectivity index (χ1) is 31.5. The summed E-state index contributed by atoms with van der Waals surface area (Å²) in [5, 5.41) is 65.4. The number of phenols is 6. The Morgan fingerprint density at radius 3 is 1.38 bits per heavy atom. The van der Waals surface area contributed by atoms with Crippen molar-refractivity contribution in [3.8, 4) is 34.5 Å². The van der Waals surface area contributed by atoms with E-state index in [0.717, 1.165) is 41.5 Å². The highest BCUT2D eigenvalue weighted by Gasteiger charge is 2.68. The Kier molecular flexibility index (Phi) is 14.8. The summed E-state index contributed by atoms with van der Waals surface area (Å²) in [5.41, 5.74) is 1.54. The number of phenolic OH excluding ortho intramolecular Hbond substituents is 6. The number of hydrogen-bond donors (Lipinski definition) is 8. The van der Waals surface area contributed by atoms with Crippen molar-refractivity contribution in [2.24, 2.45) is 16.2 Å². The molecule has 4 saturated carbocycles. The molecule has 352 valence electrons. The second kappa shape index (κ2) is 20.5. The van der Waals surface area contributed by atoms with E-state index < -0.39 is 11.6 Å². The van der Waals surface area contributed by atoms with E-state index in [1.54, 1.807) is 18.2 Å². The molecular weight excluding hydrogens is 841 g/mol. The molecule has 0 spiro atoms. The maximum Gasteiger partial charge on any atom is 0.407 e. The van der Waals surface area contributed by atoms with Crippen molar-refractivity contribution < 1.29 is 54.6 Å². The van der Waals surface area contributed by atoms with Gasteiger partial charge in [0.1, 0.15) is 18.2 Å². The molecule has 0 saturated heterocycles. The van der Waals surface area contributed by atoms with Crippen LogP contribution in [-0.4, -0.2) is 66.3 Å². The smallest absolute Gasteiger partial charge is 0.407 e. The van der Waals surface area contributed by atoms with E-state index in [4.69, 9.17) is 4.74 Å². The Hall–Kier alpha value is -6.24. The van der Waals surface area contributed by atoms with Crippen LogP contribution in [0.3, 0.4) is 0 Å². The molecule has 2 atom stereocenters. The average Bonchev–Trinajstić information content (AvgIpc) is 3.27. The molecule has 13 heteroatoms. The molecule has 2 amide bonds. The fourth-order valence-electron chi connectivity index (χ4n) is 12.2. The van der Waals surface area contributed by atoms with Gasteiger partial charge in [0, 0.05) is 44.2 Å². The Bertz CT molecular complexity index is 2160. The highest BCUT2D eigenvalue weighted by Crippen LogP contribution is 2.74. The molecule has 2 unspecified atom stereocenters. The third-order valence-electron chi connectivity index (χ3n) is 14.4. The van der Waals surface area contributed by atoms with E-state index in [0.29, 0.717) is 103 Å². The molecule has 4 bridgehead atoms. The van der Waals surface area contributed by atoms with Crippen molar-refractivity contribution in [3.63, 3.8) is 0 Å². The predicted octanol–water partition coefficient (Wildman–Crippen LogP) is 9.11. The first kappa shape index (κ1) is 47.7. The van der Waals surface area contributed by atoms with Gasteiger partial charge in [-0.05, 0) is 165 Å². The molecule has 8 rings (SSSR count). The molecule has 4 aromatic rings. The summed E-state index contributed by atoms with van der Waals surface area (Å²) in [6.07, 6.45) is 10.0. The van der Waals surface area contributed by atoms with E-state index >= 15 is 0 Å². The van der Waals surface area contributed by atoms with E-state index in [1.807, 2.05) is 30.3 Å². The third kappa shape index (κ3) is 12.3. The van der Waals surface area contributed by atoms with Crippen LogP contribution < -0.4 is 10.6 Å². The lowest BCUT2D eigenvalue weighted by molar-refractivity contribution is -0.186. The average molecular weight is 905 g/mol. The molecule has 4 aromatic carbocycles. The lowest BCUT2D eigenvalue weighted by Gasteiger charge is -2.71. The zero-order chi connectivity index (χ0) is 47.0. The number of carbonyl (C=O) groups excluding carboxylic acids is 4. The number of carbonyl (C=O) groups is 4. The summed E-state index contributed by atoms with van der Waals surface area (Å²) in [5.74, 6) is -1.07. The standard InChI is InChI=1S/C53H64N2O11/c56-40(10-4-8-36-12-15-42(58)45(61)26-36)18-22-50-30-51(23-19-41(57)11-5-9-37-13-16-43(59)46(62)27-37)32-52(31-50,24-20-48(64)54-25-21-38-14-17-44(60)47(63)28-38)35-53(33-50,34-51)55-49(65)66-29-39-6-2-1-3-7-39/h1-3,6-7,12-17,26-28,58-63H,4-5,8-11,18-25,29-35H2,(H,54,64)(H,55,65). The minimum atomic E-state index is -0.687. The van der Waals surface area contributed by atoms with Crippen LogP contribution in [0.4, 0.5) is 4.79 Å². The number of ketones is 2. The van der Waals surface area contributed by atoms with Gasteiger partial charge in [-0.15, -0.1) is 0 Å². The van der Waals surface area contributed by atoms with Crippen molar-refractivity contribution in [2.45, 2.75) is 134 Å². The van der Waals surface area contributed by atoms with Gasteiger partial charge < -0.3 is 46.0 Å². The summed E-state index contributed by atoms with van der Waals surface area (Å²) >= 11 is 0. The van der Waals surface area contributed by atoms with Crippen molar-refractivity contribution >= 4 is 23.6 Å². The van der Waals surface area contributed by atoms with Crippen LogP contribution in [0.1, 0.15) is 125 Å². The summed E-state index contributed by atoms with van der Waals surface area (Å²) in [6.45, 7) is 0.444. The first-order valence-corrected chi connectivity index (χ1v) is 23.4. The van der Waals surface area contributed by atoms with Crippen LogP contribution >= 0.6 is 0 Å². The zero-order valence-corrected chi connectivity index (χ0v) is 37.7. The molecular formula is C53H64N2O11. The molecule has 4 aliphatic rings. The van der Waals surface area contributed by atoms with Gasteiger partial charge in [-0.3, -0.25) is 14.4 Å². The molecule has 4 aliphatic carbocycles. The highest BCUT2D eigenvalue weighted by molar-refractivity contribution is 5.79. The minimum Gasteiger partial charge on any atom is -0.504 e. The number of benzene rings is 4. The van der Waals surface area contributed by atoms with Gasteiger partial charge in [-0.2, -0.15) is 0 Å². The van der Waals surface area contributed by atoms with Crippen molar-refractivity contribution in [2.75, 3.05) is 6.54 Å². The third-order valence-corrected chi connectivity index (χ3v) is 14.4. The van der Waals surface area contributed by atoms with Crippen LogP contribution in [0.25, 0.3) is 0 Å². The normalized spacial score (nSPS) is 22.7. The molecule has 0 aliphatic heterocycles. The molecule has 4 fully saturated rings. The van der Waals surface area contributed by atoms with Gasteiger partial charge in [0.25, 0.3) is 0 Å². The van der Waals surface area contributed by atoms with Gasteiger partial charge in [0.15, 0.2) is 34.5 Å². The number of ether oxygens (including phenoxy) is 1. The minimum absolute atomic E-state index is 0.102. The number of Topliss-reactive ketones (excluding diaryl/α,β-unsaturated/α-hetero) is 2. The maximum absolute atomic E-state index is 13.8. The number of nitrogens with one attached hydrogen (secondary N) is 2. The van der Waals surface area contributed by atoms with E-state index in [-0.39, 0.29) is 81.2 Å². The highest BCUT2D eigenvalue weighted by atomic mass is 16.5. The quantitative estimate of drug-likeness (QED) is 0.0328. The molecule has 8 N–H and O–H groups in total. The number of aryl methyl sites for hydroxylation is 2. The largest absolute Gasteiger partial charge is 0.504 e. The first-order valence-electron chi connectivity index (χ1n) is 23.4. The van der Waals surface area contributed by atoms with Crippen LogP contribution in [0, 0.1) is 16.2 Å². The van der Waals surface area contributed by atoms with Crippen LogP contribution in [0.2, 0.25) is 0 Å². The number of aromatic hydroxyl groups is 6. The lowest BCUT2D eigenvalue weighted by atomic mass is 9.35. The second-order valence-electron chi connectivity index (χ2n) is 19.9. The summed E-state index contributed by atoms with van der Waals surface area (Å²) < 4.78 is 5.83. The number of hydrogen-bond acceptors (Lipinski definition) is 11. The molecule has 13 nitrogen and oxygen atoms in total. The van der Waals surface area contributed by atoms with Gasteiger partial charge in [-0.25, -0.2) is 4.79 Å². The van der Waals surface area contributed by atoms with Crippen molar-refractivity contribution in [1.29, 1.82) is 0 Å². The maximum atomic E-state index is 13.8. The van der Waals surface area contributed by atoms with Gasteiger partial charge in [0.2, 0.25) is 5.91 Å². The zero-order valence-electron chi connectivity index (χ0n) is 37.7. The SMILES string of the molecule is O=C(CCCc1ccc(O)c(O)c1)CCC12CC3(CCC(=O)CCCc4ccc(O)c(O)c4)CC(CCC(=O)NCCc4ccc(O)c(O)c4)(C1)CC(NC(=O)OCc1ccccc1)(C2)C3. The van der Waals surface area contributed by atoms with E-state index in [2.05, 4.69) is 10.6 Å². The molecule has 0 heterocycles. The van der Waals surface area contributed by atoms with Gasteiger partial charge in [-0.1, -0.05) is 48.5 Å². The summed E-state index contributed by atoms with van der Waals surface area (Å²) in [4.78, 5) is 54.7. The van der Waals surface area contributed by atoms with Crippen molar-refractivity contribution in [1.82, 2.24) is 10.6 Å². The van der Waals surface area contributed by atoms with Crippen LogP contribution in [0.5, 0.6) is 34.5 Å². The van der Waals surface area contributed by atoms with E-state index in [9.17, 15) is 49.8 Å². The predicted molar refractivity (Wildman–Crippen MR) is 247 cm³/mol. The van der Waals surface area contributed by atoms with Gasteiger partial charge >= 0.3 is 6.09 Å². The summed E-state index contributed by atoms with van der Waals surface area (Å²) in [7, 11) is 0. The van der Waals surface area contributed by atoms with Gasteiger partial charge in [0.05, 0.1) is 0 Å². The van der Waals surface area contributed by atoms with Crippen LogP contribution in [-0.2, 0) is 45.0 Å². The monoisotopic (exact) mass is 904 g/mol. The fraction of sp³-hybridized carbons (Fsp3) is 0.472. The Balaban J connectivity index is 1.08. The molecule has 66 heavy (non-hydrogen) atoms. The topological polar surface area (TPSA) is 223 Å². The summed E-state index contributed by atoms with van der Waals surface area (Å²) in [6, 6.07) is 23.4. The number of alkyl carbamates (subject to hydrolysis) is 1. The molecule has 0 aromatic heterocycles. The number of rotatable bonds is 23. The molecule has 0 radical (unpaired) electrons. The Morgan fingerprint density at radius 1 is 0.485 bits per heavy atom. The second-order valence-corrected chi connectivity index (χ2v) is 19.9. The lowest BCUT2D eigenvalue weighted by Crippen LogP contribution is -2.69. The Labute approximate surface area is 386 Å². The fourth-order valence-corrected chi connectivity index (χ4v) is 12.2. The van der Waals surface area contributed by atoms with Crippen LogP contribution in [0.15, 0.2) is 84.9 Å².